The number of phenols is 2. The van der Waals surface area contributed by atoms with Gasteiger partial charge in [-0.15, -0.1) is 0 Å². The lowest BCUT2D eigenvalue weighted by molar-refractivity contribution is 0.251. The summed E-state index contributed by atoms with van der Waals surface area (Å²) in [4.78, 5) is 0. The van der Waals surface area contributed by atoms with Crippen LogP contribution >= 0.6 is 0 Å². The van der Waals surface area contributed by atoms with Crippen LogP contribution in [-0.4, -0.2) is 23.4 Å². The second-order valence-electron chi connectivity index (χ2n) is 6.90. The van der Waals surface area contributed by atoms with Gasteiger partial charge in [-0.3, -0.25) is 0 Å². The second kappa shape index (κ2) is 9.65. The van der Waals surface area contributed by atoms with Gasteiger partial charge in [-0.2, -0.15) is 0 Å². The van der Waals surface area contributed by atoms with Crippen molar-refractivity contribution in [1.82, 2.24) is 0 Å². The monoisotopic (exact) mass is 338 g/mol. The standard InChI is InChI=1S/C20H34O4/c1-7-9-11-23-19-15(13(3)4)17(21)18(22)16(14(5)6)20(19)24-12-10-8-2/h13-14,21-22H,7-12H2,1-6H3. The van der Waals surface area contributed by atoms with E-state index in [-0.39, 0.29) is 23.3 Å². The first-order valence-corrected chi connectivity index (χ1v) is 9.23. The lowest BCUT2D eigenvalue weighted by Crippen LogP contribution is -2.09. The second-order valence-corrected chi connectivity index (χ2v) is 6.90. The Bertz CT molecular complexity index is 474. The van der Waals surface area contributed by atoms with Gasteiger partial charge in [0.1, 0.15) is 0 Å². The highest BCUT2D eigenvalue weighted by atomic mass is 16.5. The van der Waals surface area contributed by atoms with E-state index in [9.17, 15) is 10.2 Å². The number of rotatable bonds is 10. The molecule has 0 aromatic heterocycles. The number of ether oxygens (including phenoxy) is 2. The highest BCUT2D eigenvalue weighted by Gasteiger charge is 2.29. The molecule has 0 spiro atoms. The third-order valence-electron chi connectivity index (χ3n) is 4.07. The molecule has 1 rings (SSSR count). The van der Waals surface area contributed by atoms with Gasteiger partial charge >= 0.3 is 0 Å². The van der Waals surface area contributed by atoms with E-state index in [1.54, 1.807) is 0 Å². The van der Waals surface area contributed by atoms with Gasteiger partial charge in [0, 0.05) is 11.1 Å². The van der Waals surface area contributed by atoms with Crippen molar-refractivity contribution < 1.29 is 19.7 Å². The molecule has 1 aromatic carbocycles. The van der Waals surface area contributed by atoms with Gasteiger partial charge in [0.25, 0.3) is 0 Å². The predicted octanol–water partition coefficient (Wildman–Crippen LogP) is 5.70. The molecule has 0 aliphatic carbocycles. The minimum atomic E-state index is -0.0805. The minimum Gasteiger partial charge on any atom is -0.504 e. The average molecular weight is 338 g/mol. The molecule has 138 valence electrons. The van der Waals surface area contributed by atoms with Crippen LogP contribution in [0.3, 0.4) is 0 Å². The van der Waals surface area contributed by atoms with Gasteiger partial charge in [-0.05, 0) is 24.7 Å². The van der Waals surface area contributed by atoms with E-state index in [0.717, 1.165) is 25.7 Å². The molecule has 4 nitrogen and oxygen atoms in total. The fraction of sp³-hybridized carbons (Fsp3) is 0.700. The minimum absolute atomic E-state index is 0.0160. The van der Waals surface area contributed by atoms with Gasteiger partial charge < -0.3 is 19.7 Å². The number of unbranched alkanes of at least 4 members (excludes halogenated alkanes) is 2. The average Bonchev–Trinajstić information content (AvgIpc) is 2.51. The fourth-order valence-corrected chi connectivity index (χ4v) is 2.71. The van der Waals surface area contributed by atoms with Crippen LogP contribution in [0.2, 0.25) is 0 Å². The molecule has 0 atom stereocenters. The molecule has 4 heteroatoms. The number of hydrogen-bond donors (Lipinski definition) is 2. The summed E-state index contributed by atoms with van der Waals surface area (Å²) in [6, 6.07) is 0. The van der Waals surface area contributed by atoms with Crippen molar-refractivity contribution in [2.45, 2.75) is 79.1 Å². The van der Waals surface area contributed by atoms with Gasteiger partial charge in [0.2, 0.25) is 0 Å². The summed E-state index contributed by atoms with van der Waals surface area (Å²) in [6.07, 6.45) is 3.93. The van der Waals surface area contributed by atoms with E-state index in [4.69, 9.17) is 9.47 Å². The van der Waals surface area contributed by atoms with Crippen molar-refractivity contribution in [3.8, 4) is 23.0 Å². The Labute approximate surface area is 146 Å². The van der Waals surface area contributed by atoms with Gasteiger partial charge in [-0.25, -0.2) is 0 Å². The summed E-state index contributed by atoms with van der Waals surface area (Å²) in [5.74, 6) is 1.05. The summed E-state index contributed by atoms with van der Waals surface area (Å²) in [5, 5.41) is 21.1. The van der Waals surface area contributed by atoms with Crippen LogP contribution in [-0.2, 0) is 0 Å². The Hall–Kier alpha value is -1.58. The molecule has 0 radical (unpaired) electrons. The van der Waals surface area contributed by atoms with Crippen molar-refractivity contribution in [3.63, 3.8) is 0 Å². The summed E-state index contributed by atoms with van der Waals surface area (Å²) >= 11 is 0. The molecule has 0 saturated heterocycles. The lowest BCUT2D eigenvalue weighted by atomic mass is 9.92. The Morgan fingerprint density at radius 3 is 1.29 bits per heavy atom. The quantitative estimate of drug-likeness (QED) is 0.424. The maximum absolute atomic E-state index is 10.5. The molecular weight excluding hydrogens is 304 g/mol. The lowest BCUT2D eigenvalue weighted by Gasteiger charge is -2.25. The highest BCUT2D eigenvalue weighted by Crippen LogP contribution is 2.52. The molecule has 0 fully saturated rings. The molecule has 0 aliphatic heterocycles. The molecule has 0 unspecified atom stereocenters. The van der Waals surface area contributed by atoms with Crippen LogP contribution in [0.25, 0.3) is 0 Å². The van der Waals surface area contributed by atoms with Crippen LogP contribution in [0.5, 0.6) is 23.0 Å². The van der Waals surface area contributed by atoms with Gasteiger partial charge in [-0.1, -0.05) is 54.4 Å². The Kier molecular flexibility index (Phi) is 8.23. The molecule has 0 saturated carbocycles. The van der Waals surface area contributed by atoms with Crippen LogP contribution < -0.4 is 9.47 Å². The summed E-state index contributed by atoms with van der Waals surface area (Å²) in [6.45, 7) is 13.3. The molecular formula is C20H34O4. The topological polar surface area (TPSA) is 58.9 Å². The zero-order valence-corrected chi connectivity index (χ0v) is 16.1. The smallest absolute Gasteiger partial charge is 0.168 e. The molecule has 0 bridgehead atoms. The third kappa shape index (κ3) is 4.71. The summed E-state index contributed by atoms with van der Waals surface area (Å²) < 4.78 is 12.1. The summed E-state index contributed by atoms with van der Waals surface area (Å²) in [7, 11) is 0. The van der Waals surface area contributed by atoms with Crippen molar-refractivity contribution in [2.75, 3.05) is 13.2 Å². The largest absolute Gasteiger partial charge is 0.504 e. The Balaban J connectivity index is 3.49. The molecule has 2 N–H and O–H groups in total. The first-order valence-electron chi connectivity index (χ1n) is 9.23. The molecule has 0 amide bonds. The van der Waals surface area contributed by atoms with Crippen LogP contribution in [0.4, 0.5) is 0 Å². The van der Waals surface area contributed by atoms with E-state index in [1.807, 2.05) is 27.7 Å². The predicted molar refractivity (Wildman–Crippen MR) is 98.8 cm³/mol. The Morgan fingerprint density at radius 2 is 1.04 bits per heavy atom. The number of hydrogen-bond acceptors (Lipinski definition) is 4. The number of aromatic hydroxyl groups is 2. The van der Waals surface area contributed by atoms with E-state index in [2.05, 4.69) is 13.8 Å². The third-order valence-corrected chi connectivity index (χ3v) is 4.07. The SMILES string of the molecule is CCCCOc1c(OCCCC)c(C(C)C)c(O)c(O)c1C(C)C. The first-order chi connectivity index (χ1) is 11.4. The fourth-order valence-electron chi connectivity index (χ4n) is 2.71. The summed E-state index contributed by atoms with van der Waals surface area (Å²) in [5.41, 5.74) is 1.25. The molecule has 0 heterocycles. The van der Waals surface area contributed by atoms with Crippen LogP contribution in [0.1, 0.15) is 90.2 Å². The van der Waals surface area contributed by atoms with E-state index >= 15 is 0 Å². The maximum atomic E-state index is 10.5. The highest BCUT2D eigenvalue weighted by molar-refractivity contribution is 5.67. The number of phenolic OH excluding ortho intramolecular Hbond substituents is 2. The first kappa shape index (κ1) is 20.5. The molecule has 1 aromatic rings. The molecule has 0 aliphatic rings. The van der Waals surface area contributed by atoms with Crippen LogP contribution in [0.15, 0.2) is 0 Å². The van der Waals surface area contributed by atoms with Crippen molar-refractivity contribution in [2.24, 2.45) is 0 Å². The van der Waals surface area contributed by atoms with E-state index in [0.29, 0.717) is 35.8 Å². The zero-order valence-electron chi connectivity index (χ0n) is 16.1. The van der Waals surface area contributed by atoms with Crippen LogP contribution in [0, 0.1) is 0 Å². The zero-order chi connectivity index (χ0) is 18.3. The Morgan fingerprint density at radius 1 is 0.708 bits per heavy atom. The van der Waals surface area contributed by atoms with Crippen molar-refractivity contribution in [3.05, 3.63) is 11.1 Å². The van der Waals surface area contributed by atoms with Crippen molar-refractivity contribution >= 4 is 0 Å². The maximum Gasteiger partial charge on any atom is 0.168 e. The van der Waals surface area contributed by atoms with E-state index < -0.39 is 0 Å². The number of benzene rings is 1. The van der Waals surface area contributed by atoms with Crippen molar-refractivity contribution in [1.29, 1.82) is 0 Å². The van der Waals surface area contributed by atoms with E-state index in [1.165, 1.54) is 0 Å². The molecule has 24 heavy (non-hydrogen) atoms. The van der Waals surface area contributed by atoms with Gasteiger partial charge in [0.15, 0.2) is 23.0 Å². The van der Waals surface area contributed by atoms with Gasteiger partial charge in [0.05, 0.1) is 13.2 Å². The normalized spacial score (nSPS) is 11.3.